The number of rotatable bonds is 2. The van der Waals surface area contributed by atoms with Gasteiger partial charge in [0.25, 0.3) is 12.6 Å². The van der Waals surface area contributed by atoms with E-state index in [1.165, 1.54) is 0 Å². The normalized spacial score (nSPS) is 17.2. The van der Waals surface area contributed by atoms with E-state index in [0.717, 1.165) is 0 Å². The van der Waals surface area contributed by atoms with E-state index < -0.39 is 18.0 Å². The van der Waals surface area contributed by atoms with E-state index in [4.69, 9.17) is 70.1 Å². The van der Waals surface area contributed by atoms with E-state index in [-0.39, 0.29) is 104 Å². The van der Waals surface area contributed by atoms with Gasteiger partial charge in [0.2, 0.25) is 49.2 Å². The van der Waals surface area contributed by atoms with Crippen LogP contribution in [0.4, 0.5) is 0 Å². The standard InChI is InChI=1S/C57H26O18/c58-45-24-5-10-32-55(68-20-63-32)50(24)70-28-6-1-21-2-8-33-53(38(21)41(28)45)74-56(72-33)26-14-23-4-9-34-54(40(23)43-46(59)25-15-36-37(65-17-64-36)16-35(25)71-48(26)43)75-57(73-34)27-13-22-3-7-30-51(66-18-61-30)39(22)44-47(60)42-29(69-49(27)44)11-12-31-52(42)67-19-62-31/h1-16,56-57H,17-20H2. The molecule has 0 saturated carbocycles. The van der Waals surface area contributed by atoms with Gasteiger partial charge in [0.1, 0.15) is 33.3 Å². The molecule has 6 aliphatic rings. The van der Waals surface area contributed by atoms with Crippen molar-refractivity contribution in [2.75, 3.05) is 27.2 Å². The third-order valence-corrected chi connectivity index (χ3v) is 14.8. The van der Waals surface area contributed by atoms with Crippen LogP contribution in [0.25, 0.3) is 98.1 Å². The molecule has 2 atom stereocenters. The average Bonchev–Trinajstić information content (AvgIpc) is 4.36. The van der Waals surface area contributed by atoms with Gasteiger partial charge in [0.15, 0.2) is 68.8 Å². The second kappa shape index (κ2) is 13.6. The van der Waals surface area contributed by atoms with E-state index in [1.807, 2.05) is 24.3 Å². The summed E-state index contributed by atoms with van der Waals surface area (Å²) in [5.74, 6) is 4.32. The first-order valence-electron chi connectivity index (χ1n) is 23.6. The molecule has 0 spiro atoms. The summed E-state index contributed by atoms with van der Waals surface area (Å²) in [5.41, 5.74) is 0.957. The number of fused-ring (bicyclic) bond motifs is 23. The van der Waals surface area contributed by atoms with Crippen molar-refractivity contribution in [1.82, 2.24) is 0 Å². The molecule has 0 radical (unpaired) electrons. The fourth-order valence-corrected chi connectivity index (χ4v) is 11.5. The Morgan fingerprint density at radius 3 is 1.49 bits per heavy atom. The van der Waals surface area contributed by atoms with Crippen LogP contribution in [0.5, 0.6) is 69.0 Å². The zero-order valence-electron chi connectivity index (χ0n) is 38.1. The summed E-state index contributed by atoms with van der Waals surface area (Å²) in [6, 6.07) is 27.8. The predicted molar refractivity (Wildman–Crippen MR) is 265 cm³/mol. The van der Waals surface area contributed by atoms with Crippen LogP contribution < -0.4 is 73.1 Å². The largest absolute Gasteiger partial charge is 0.455 e. The minimum Gasteiger partial charge on any atom is -0.455 e. The van der Waals surface area contributed by atoms with Crippen LogP contribution in [-0.4, -0.2) is 27.2 Å². The molecule has 12 aromatic rings. The van der Waals surface area contributed by atoms with E-state index in [9.17, 15) is 9.59 Å². The van der Waals surface area contributed by atoms with Crippen molar-refractivity contribution in [1.29, 1.82) is 0 Å². The quantitative estimate of drug-likeness (QED) is 0.117. The van der Waals surface area contributed by atoms with Crippen molar-refractivity contribution >= 4 is 98.1 Å². The molecule has 6 aliphatic heterocycles. The van der Waals surface area contributed by atoms with Gasteiger partial charge in [-0.1, -0.05) is 24.3 Å². The molecule has 0 saturated heterocycles. The van der Waals surface area contributed by atoms with Gasteiger partial charge in [-0.2, -0.15) is 0 Å². The van der Waals surface area contributed by atoms with Gasteiger partial charge in [-0.15, -0.1) is 0 Å². The van der Waals surface area contributed by atoms with Gasteiger partial charge in [0.05, 0.1) is 38.1 Å². The first kappa shape index (κ1) is 39.4. The summed E-state index contributed by atoms with van der Waals surface area (Å²) in [5, 5.41) is 4.49. The summed E-state index contributed by atoms with van der Waals surface area (Å²) < 4.78 is 92.7. The highest BCUT2D eigenvalue weighted by Gasteiger charge is 2.38. The topological polar surface area (TPSA) is 201 Å². The molecule has 2 unspecified atom stereocenters. The van der Waals surface area contributed by atoms with E-state index in [0.29, 0.717) is 112 Å². The van der Waals surface area contributed by atoms with Crippen LogP contribution in [0.1, 0.15) is 23.7 Å². The fourth-order valence-electron chi connectivity index (χ4n) is 11.5. The van der Waals surface area contributed by atoms with Crippen molar-refractivity contribution in [2.45, 2.75) is 12.6 Å². The van der Waals surface area contributed by atoms with Crippen molar-refractivity contribution in [3.05, 3.63) is 139 Å². The molecule has 18 heteroatoms. The molecule has 9 heterocycles. The van der Waals surface area contributed by atoms with Gasteiger partial charge >= 0.3 is 0 Å². The van der Waals surface area contributed by atoms with Crippen molar-refractivity contribution in [2.24, 2.45) is 0 Å². The Labute approximate surface area is 414 Å². The number of hydrogen-bond donors (Lipinski definition) is 0. The Balaban J connectivity index is 0.834. The molecule has 0 bridgehead atoms. The summed E-state index contributed by atoms with van der Waals surface area (Å²) in [6.45, 7) is -0.122. The Morgan fingerprint density at radius 2 is 0.773 bits per heavy atom. The zero-order chi connectivity index (χ0) is 49.1. The van der Waals surface area contributed by atoms with Crippen LogP contribution in [0.3, 0.4) is 0 Å². The molecule has 0 aliphatic carbocycles. The Kier molecular flexibility index (Phi) is 7.16. The molecular weight excluding hydrogens is 973 g/mol. The summed E-state index contributed by atoms with van der Waals surface area (Å²) >= 11 is 0. The van der Waals surface area contributed by atoms with Crippen LogP contribution >= 0.6 is 0 Å². The highest BCUT2D eigenvalue weighted by molar-refractivity contribution is 6.16. The maximum absolute atomic E-state index is 15.3. The van der Waals surface area contributed by atoms with Gasteiger partial charge in [-0.3, -0.25) is 14.4 Å². The van der Waals surface area contributed by atoms with Crippen LogP contribution in [-0.2, 0) is 0 Å². The third kappa shape index (κ3) is 5.04. The maximum Gasteiger partial charge on any atom is 0.271 e. The fraction of sp³-hybridized carbons (Fsp3) is 0.105. The Hall–Kier alpha value is -10.2. The summed E-state index contributed by atoms with van der Waals surface area (Å²) in [6.07, 6.45) is -2.40. The summed E-state index contributed by atoms with van der Waals surface area (Å²) in [4.78, 5) is 44.8. The number of benzene rings is 9. The van der Waals surface area contributed by atoms with E-state index in [1.54, 1.807) is 72.8 Å². The molecule has 3 aromatic heterocycles. The molecule has 9 aromatic carbocycles. The number of ether oxygens (including phenoxy) is 12. The van der Waals surface area contributed by atoms with Crippen molar-refractivity contribution in [3.63, 3.8) is 0 Å². The lowest BCUT2D eigenvalue weighted by Crippen LogP contribution is -2.13. The van der Waals surface area contributed by atoms with E-state index >= 15 is 4.79 Å². The lowest BCUT2D eigenvalue weighted by Gasteiger charge is -2.17. The van der Waals surface area contributed by atoms with Gasteiger partial charge < -0.3 is 70.1 Å². The Morgan fingerprint density at radius 1 is 0.307 bits per heavy atom. The van der Waals surface area contributed by atoms with Crippen LogP contribution in [0.2, 0.25) is 0 Å². The highest BCUT2D eigenvalue weighted by atomic mass is 16.7. The molecule has 75 heavy (non-hydrogen) atoms. The SMILES string of the molecule is O=c1c2ccc3c(c2oc2ccc4ccc5c(c4c12)OC(c1cc2ccc4c(c2c2c(=O)c6cc7c(cc6oc12)OCO7)OC(c1cc2ccc6c(c2c2c(=O)c7c8c(ccc7oc12)OCO8)OCO6)O4)O5)OCO3. The smallest absolute Gasteiger partial charge is 0.271 e. The van der Waals surface area contributed by atoms with E-state index in [2.05, 4.69) is 0 Å². The van der Waals surface area contributed by atoms with Crippen LogP contribution in [0.15, 0.2) is 125 Å². The minimum atomic E-state index is -1.20. The zero-order valence-corrected chi connectivity index (χ0v) is 38.1. The predicted octanol–water partition coefficient (Wildman–Crippen LogP) is 10.8. The Bertz CT molecular complexity index is 4960. The molecule has 0 fully saturated rings. The molecule has 362 valence electrons. The lowest BCUT2D eigenvalue weighted by atomic mass is 9.98. The monoisotopic (exact) mass is 998 g/mol. The molecule has 0 N–H and O–H groups in total. The second-order valence-electron chi connectivity index (χ2n) is 18.6. The van der Waals surface area contributed by atoms with Gasteiger partial charge in [0, 0.05) is 22.2 Å². The van der Waals surface area contributed by atoms with Gasteiger partial charge in [-0.25, -0.2) is 0 Å². The first-order valence-corrected chi connectivity index (χ1v) is 23.6. The summed E-state index contributed by atoms with van der Waals surface area (Å²) in [7, 11) is 0. The van der Waals surface area contributed by atoms with Crippen molar-refractivity contribution < 1.29 is 70.1 Å². The number of hydrogen-bond acceptors (Lipinski definition) is 18. The molecule has 18 rings (SSSR count). The second-order valence-corrected chi connectivity index (χ2v) is 18.6. The maximum atomic E-state index is 15.3. The van der Waals surface area contributed by atoms with Crippen LogP contribution in [0, 0.1) is 0 Å². The highest BCUT2D eigenvalue weighted by Crippen LogP contribution is 2.54. The molecular formula is C57H26O18. The molecule has 18 nitrogen and oxygen atoms in total. The lowest BCUT2D eigenvalue weighted by molar-refractivity contribution is 0.0495. The third-order valence-electron chi connectivity index (χ3n) is 14.8. The first-order chi connectivity index (χ1) is 36.9. The minimum absolute atomic E-state index is 0.00626. The van der Waals surface area contributed by atoms with Crippen molar-refractivity contribution in [3.8, 4) is 69.0 Å². The molecule has 0 amide bonds. The average molecular weight is 999 g/mol. The van der Waals surface area contributed by atoms with Gasteiger partial charge in [-0.05, 0) is 82.9 Å².